The maximum Gasteiger partial charge on any atom is 0.410 e. The first-order valence-corrected chi connectivity index (χ1v) is 8.97. The third kappa shape index (κ3) is 3.59. The average molecular weight is 331 g/mol. The SMILES string of the molecule is COC1C(Cc2ccccc2)CC2CCC1N2C(=O)OC(C)(C)C. The quantitative estimate of drug-likeness (QED) is 0.839. The summed E-state index contributed by atoms with van der Waals surface area (Å²) in [6.45, 7) is 5.76. The molecule has 3 rings (SSSR count). The van der Waals surface area contributed by atoms with Gasteiger partial charge in [-0.3, -0.25) is 4.90 Å². The second-order valence-corrected chi connectivity index (χ2v) is 8.07. The molecule has 2 aliphatic rings. The molecule has 132 valence electrons. The molecule has 1 amide bonds. The molecule has 0 spiro atoms. The van der Waals surface area contributed by atoms with Crippen LogP contribution >= 0.6 is 0 Å². The fraction of sp³-hybridized carbons (Fsp3) is 0.650. The van der Waals surface area contributed by atoms with E-state index in [0.29, 0.717) is 5.92 Å². The van der Waals surface area contributed by atoms with Crippen molar-refractivity contribution in [3.05, 3.63) is 35.9 Å². The largest absolute Gasteiger partial charge is 0.444 e. The number of rotatable bonds is 3. The highest BCUT2D eigenvalue weighted by atomic mass is 16.6. The summed E-state index contributed by atoms with van der Waals surface area (Å²) in [5, 5.41) is 0. The van der Waals surface area contributed by atoms with Crippen LogP contribution < -0.4 is 0 Å². The molecule has 0 aromatic heterocycles. The first-order chi connectivity index (χ1) is 11.4. The number of methoxy groups -OCH3 is 1. The molecule has 2 saturated heterocycles. The average Bonchev–Trinajstić information content (AvgIpc) is 2.83. The van der Waals surface area contributed by atoms with E-state index in [0.717, 1.165) is 25.7 Å². The van der Waals surface area contributed by atoms with Gasteiger partial charge in [-0.15, -0.1) is 0 Å². The zero-order chi connectivity index (χ0) is 17.3. The fourth-order valence-corrected chi connectivity index (χ4v) is 4.33. The molecular formula is C20H29NO3. The van der Waals surface area contributed by atoms with E-state index >= 15 is 0 Å². The second kappa shape index (κ2) is 6.75. The van der Waals surface area contributed by atoms with Crippen molar-refractivity contribution in [1.82, 2.24) is 4.90 Å². The number of amides is 1. The second-order valence-electron chi connectivity index (χ2n) is 8.07. The molecule has 2 aliphatic heterocycles. The number of fused-ring (bicyclic) bond motifs is 2. The summed E-state index contributed by atoms with van der Waals surface area (Å²) in [6, 6.07) is 11.0. The van der Waals surface area contributed by atoms with Gasteiger partial charge in [-0.25, -0.2) is 4.79 Å². The Morgan fingerprint density at radius 2 is 1.92 bits per heavy atom. The van der Waals surface area contributed by atoms with Crippen LogP contribution in [0.15, 0.2) is 30.3 Å². The van der Waals surface area contributed by atoms with E-state index in [1.807, 2.05) is 31.7 Å². The third-order valence-electron chi connectivity index (χ3n) is 5.18. The van der Waals surface area contributed by atoms with Gasteiger partial charge in [0.05, 0.1) is 12.1 Å². The van der Waals surface area contributed by atoms with Gasteiger partial charge >= 0.3 is 6.09 Å². The Kier molecular flexibility index (Phi) is 4.86. The lowest BCUT2D eigenvalue weighted by molar-refractivity contribution is -0.0614. The van der Waals surface area contributed by atoms with Gasteiger partial charge in [-0.05, 0) is 57.9 Å². The molecule has 4 unspecified atom stereocenters. The molecule has 2 fully saturated rings. The van der Waals surface area contributed by atoms with Gasteiger partial charge < -0.3 is 9.47 Å². The van der Waals surface area contributed by atoms with Crippen molar-refractivity contribution in [3.63, 3.8) is 0 Å². The van der Waals surface area contributed by atoms with Gasteiger partial charge in [-0.2, -0.15) is 0 Å². The van der Waals surface area contributed by atoms with E-state index in [9.17, 15) is 4.79 Å². The Hall–Kier alpha value is -1.55. The zero-order valence-electron chi connectivity index (χ0n) is 15.2. The molecule has 4 nitrogen and oxygen atoms in total. The lowest BCUT2D eigenvalue weighted by Crippen LogP contribution is -2.56. The standard InChI is InChI=1S/C20H29NO3/c1-20(2,3)24-19(22)21-16-10-11-17(21)18(23-4)15(13-16)12-14-8-6-5-7-9-14/h5-9,15-18H,10-13H2,1-4H3. The van der Waals surface area contributed by atoms with Crippen LogP contribution in [0.2, 0.25) is 0 Å². The molecule has 1 aromatic rings. The molecule has 0 radical (unpaired) electrons. The van der Waals surface area contributed by atoms with Gasteiger partial charge in [-0.1, -0.05) is 30.3 Å². The van der Waals surface area contributed by atoms with E-state index in [4.69, 9.17) is 9.47 Å². The summed E-state index contributed by atoms with van der Waals surface area (Å²) in [5.41, 5.74) is 0.884. The monoisotopic (exact) mass is 331 g/mol. The first kappa shape index (κ1) is 17.3. The topological polar surface area (TPSA) is 38.8 Å². The van der Waals surface area contributed by atoms with Crippen molar-refractivity contribution in [2.75, 3.05) is 7.11 Å². The molecule has 0 saturated carbocycles. The Balaban J connectivity index is 1.75. The minimum atomic E-state index is -0.458. The van der Waals surface area contributed by atoms with Crippen molar-refractivity contribution in [3.8, 4) is 0 Å². The summed E-state index contributed by atoms with van der Waals surface area (Å²) in [6.07, 6.45) is 3.95. The van der Waals surface area contributed by atoms with Crippen molar-refractivity contribution >= 4 is 6.09 Å². The van der Waals surface area contributed by atoms with E-state index in [2.05, 4.69) is 24.3 Å². The molecule has 2 heterocycles. The number of carbonyl (C=O) groups is 1. The Labute approximate surface area is 145 Å². The van der Waals surface area contributed by atoms with Crippen LogP contribution in [0.4, 0.5) is 4.79 Å². The van der Waals surface area contributed by atoms with Crippen LogP contribution in [-0.2, 0) is 15.9 Å². The van der Waals surface area contributed by atoms with Crippen molar-refractivity contribution in [2.24, 2.45) is 5.92 Å². The summed E-state index contributed by atoms with van der Waals surface area (Å²) in [7, 11) is 1.77. The van der Waals surface area contributed by atoms with E-state index in [-0.39, 0.29) is 24.3 Å². The van der Waals surface area contributed by atoms with E-state index in [1.165, 1.54) is 5.56 Å². The van der Waals surface area contributed by atoms with Crippen molar-refractivity contribution < 1.29 is 14.3 Å². The minimum Gasteiger partial charge on any atom is -0.444 e. The molecule has 4 atom stereocenters. The molecule has 0 aliphatic carbocycles. The number of piperidine rings is 1. The normalized spacial score (nSPS) is 29.6. The highest BCUT2D eigenvalue weighted by Gasteiger charge is 2.50. The smallest absolute Gasteiger partial charge is 0.410 e. The summed E-state index contributed by atoms with van der Waals surface area (Å²) < 4.78 is 11.5. The summed E-state index contributed by atoms with van der Waals surface area (Å²) >= 11 is 0. The Morgan fingerprint density at radius 3 is 2.54 bits per heavy atom. The predicted molar refractivity (Wildman–Crippen MR) is 93.9 cm³/mol. The number of hydrogen-bond acceptors (Lipinski definition) is 3. The highest BCUT2D eigenvalue weighted by molar-refractivity contribution is 5.70. The minimum absolute atomic E-state index is 0.0801. The van der Waals surface area contributed by atoms with E-state index < -0.39 is 5.60 Å². The molecule has 24 heavy (non-hydrogen) atoms. The number of benzene rings is 1. The number of carbonyl (C=O) groups excluding carboxylic acids is 1. The number of hydrogen-bond donors (Lipinski definition) is 0. The predicted octanol–water partition coefficient (Wildman–Crippen LogP) is 4.03. The van der Waals surface area contributed by atoms with Gasteiger partial charge in [0.15, 0.2) is 0 Å². The maximum atomic E-state index is 12.6. The molecular weight excluding hydrogens is 302 g/mol. The van der Waals surface area contributed by atoms with Gasteiger partial charge in [0.1, 0.15) is 5.60 Å². The van der Waals surface area contributed by atoms with Gasteiger partial charge in [0.25, 0.3) is 0 Å². The van der Waals surface area contributed by atoms with Crippen LogP contribution in [0.1, 0.15) is 45.6 Å². The molecule has 1 aromatic carbocycles. The lowest BCUT2D eigenvalue weighted by Gasteiger charge is -2.44. The number of nitrogens with zero attached hydrogens (tertiary/aromatic N) is 1. The Bertz CT molecular complexity index is 566. The van der Waals surface area contributed by atoms with Crippen molar-refractivity contribution in [1.29, 1.82) is 0 Å². The van der Waals surface area contributed by atoms with Crippen LogP contribution in [0.3, 0.4) is 0 Å². The third-order valence-corrected chi connectivity index (χ3v) is 5.18. The summed E-state index contributed by atoms with van der Waals surface area (Å²) in [4.78, 5) is 14.6. The van der Waals surface area contributed by atoms with Crippen LogP contribution in [-0.4, -0.2) is 41.9 Å². The fourth-order valence-electron chi connectivity index (χ4n) is 4.33. The van der Waals surface area contributed by atoms with E-state index in [1.54, 1.807) is 7.11 Å². The van der Waals surface area contributed by atoms with Crippen LogP contribution in [0, 0.1) is 5.92 Å². The van der Waals surface area contributed by atoms with Crippen molar-refractivity contribution in [2.45, 2.75) is 70.2 Å². The maximum absolute atomic E-state index is 12.6. The molecule has 0 N–H and O–H groups in total. The number of ether oxygens (including phenoxy) is 2. The Morgan fingerprint density at radius 1 is 1.21 bits per heavy atom. The van der Waals surface area contributed by atoms with Crippen LogP contribution in [0.25, 0.3) is 0 Å². The first-order valence-electron chi connectivity index (χ1n) is 8.97. The lowest BCUT2D eigenvalue weighted by atomic mass is 9.83. The zero-order valence-corrected chi connectivity index (χ0v) is 15.2. The molecule has 2 bridgehead atoms. The molecule has 4 heteroatoms. The van der Waals surface area contributed by atoms with Crippen LogP contribution in [0.5, 0.6) is 0 Å². The van der Waals surface area contributed by atoms with Gasteiger partial charge in [0.2, 0.25) is 0 Å². The van der Waals surface area contributed by atoms with Gasteiger partial charge in [0, 0.05) is 13.2 Å². The summed E-state index contributed by atoms with van der Waals surface area (Å²) in [5.74, 6) is 0.452. The highest BCUT2D eigenvalue weighted by Crippen LogP contribution is 2.42.